The Balaban J connectivity index is 2.16. The number of carbonyl (C=O) groups excluding carboxylic acids is 1. The number of carbonyl (C=O) groups is 1. The number of amides is 1. The van der Waals surface area contributed by atoms with Crippen molar-refractivity contribution in [2.24, 2.45) is 0 Å². The molecule has 3 rings (SSSR count). The number of fused-ring (bicyclic) bond motifs is 1. The minimum Gasteiger partial charge on any atom is -0.348 e. The molecule has 1 amide bonds. The lowest BCUT2D eigenvalue weighted by Crippen LogP contribution is -2.35. The van der Waals surface area contributed by atoms with Gasteiger partial charge in [0.2, 0.25) is 0 Å². The molecular formula is C20H21N3O2. The molecule has 0 bridgehead atoms. The van der Waals surface area contributed by atoms with Gasteiger partial charge in [-0.2, -0.15) is 9.78 Å². The molecular weight excluding hydrogens is 314 g/mol. The quantitative estimate of drug-likeness (QED) is 0.778. The fourth-order valence-electron chi connectivity index (χ4n) is 2.90. The molecule has 25 heavy (non-hydrogen) atoms. The van der Waals surface area contributed by atoms with Crippen LogP contribution in [0.5, 0.6) is 0 Å². The van der Waals surface area contributed by atoms with Gasteiger partial charge < -0.3 is 5.32 Å². The summed E-state index contributed by atoms with van der Waals surface area (Å²) in [7, 11) is 0. The second kappa shape index (κ2) is 7.30. The highest BCUT2D eigenvalue weighted by molar-refractivity contribution is 6.04. The molecule has 2 aromatic carbocycles. The van der Waals surface area contributed by atoms with E-state index in [1.54, 1.807) is 30.3 Å². The van der Waals surface area contributed by atoms with Crippen molar-refractivity contribution in [1.29, 1.82) is 0 Å². The highest BCUT2D eigenvalue weighted by Crippen LogP contribution is 2.15. The Morgan fingerprint density at radius 1 is 1.08 bits per heavy atom. The van der Waals surface area contributed by atoms with Gasteiger partial charge in [-0.15, -0.1) is 0 Å². The van der Waals surface area contributed by atoms with Crippen LogP contribution in [0.1, 0.15) is 37.2 Å². The molecule has 0 saturated heterocycles. The Morgan fingerprint density at radius 2 is 1.72 bits per heavy atom. The number of nitrogens with one attached hydrogen (secondary N) is 1. The smallest absolute Gasteiger partial charge is 0.279 e. The summed E-state index contributed by atoms with van der Waals surface area (Å²) in [4.78, 5) is 25.5. The van der Waals surface area contributed by atoms with Crippen molar-refractivity contribution < 1.29 is 4.79 Å². The van der Waals surface area contributed by atoms with Crippen molar-refractivity contribution in [1.82, 2.24) is 15.1 Å². The van der Waals surface area contributed by atoms with Crippen LogP contribution in [0.3, 0.4) is 0 Å². The SMILES string of the molecule is CCCC(C)NC(=O)c1nn(-c2ccccc2)c(=O)c2ccccc12. The molecule has 0 aliphatic heterocycles. The van der Waals surface area contributed by atoms with Crippen molar-refractivity contribution in [3.63, 3.8) is 0 Å². The first-order chi connectivity index (χ1) is 12.1. The lowest BCUT2D eigenvalue weighted by Gasteiger charge is -2.15. The van der Waals surface area contributed by atoms with E-state index in [1.807, 2.05) is 31.2 Å². The number of hydrogen-bond donors (Lipinski definition) is 1. The summed E-state index contributed by atoms with van der Waals surface area (Å²) in [6.45, 7) is 4.04. The normalized spacial score (nSPS) is 12.1. The zero-order valence-corrected chi connectivity index (χ0v) is 14.4. The zero-order chi connectivity index (χ0) is 17.8. The molecule has 0 fully saturated rings. The van der Waals surface area contributed by atoms with Crippen LogP contribution in [0.4, 0.5) is 0 Å². The summed E-state index contributed by atoms with van der Waals surface area (Å²) >= 11 is 0. The number of hydrogen-bond acceptors (Lipinski definition) is 3. The Bertz CT molecular complexity index is 948. The summed E-state index contributed by atoms with van der Waals surface area (Å²) in [5.41, 5.74) is 0.663. The maximum absolute atomic E-state index is 12.8. The Kier molecular flexibility index (Phi) is 4.93. The maximum Gasteiger partial charge on any atom is 0.279 e. The number of aromatic nitrogens is 2. The van der Waals surface area contributed by atoms with Crippen molar-refractivity contribution in [2.75, 3.05) is 0 Å². The highest BCUT2D eigenvalue weighted by atomic mass is 16.2. The fraction of sp³-hybridized carbons (Fsp3) is 0.250. The van der Waals surface area contributed by atoms with Gasteiger partial charge in [-0.3, -0.25) is 9.59 Å². The summed E-state index contributed by atoms with van der Waals surface area (Å²) in [6, 6.07) is 16.3. The number of para-hydroxylation sites is 1. The van der Waals surface area contributed by atoms with Crippen LogP contribution in [0.25, 0.3) is 16.5 Å². The Hall–Kier alpha value is -2.95. The molecule has 0 aliphatic rings. The number of rotatable bonds is 5. The van der Waals surface area contributed by atoms with Crippen LogP contribution in [0.2, 0.25) is 0 Å². The van der Waals surface area contributed by atoms with Crippen LogP contribution < -0.4 is 10.9 Å². The molecule has 0 saturated carbocycles. The average Bonchev–Trinajstić information content (AvgIpc) is 2.63. The molecule has 1 aromatic heterocycles. The molecule has 3 aromatic rings. The van der Waals surface area contributed by atoms with Crippen molar-refractivity contribution in [3.05, 3.63) is 70.6 Å². The largest absolute Gasteiger partial charge is 0.348 e. The molecule has 0 spiro atoms. The van der Waals surface area contributed by atoms with E-state index < -0.39 is 0 Å². The van der Waals surface area contributed by atoms with E-state index in [0.717, 1.165) is 12.8 Å². The first kappa shape index (κ1) is 16.9. The van der Waals surface area contributed by atoms with Crippen LogP contribution >= 0.6 is 0 Å². The van der Waals surface area contributed by atoms with E-state index in [2.05, 4.69) is 17.3 Å². The summed E-state index contributed by atoms with van der Waals surface area (Å²) < 4.78 is 1.29. The average molecular weight is 335 g/mol. The first-order valence-corrected chi connectivity index (χ1v) is 8.50. The lowest BCUT2D eigenvalue weighted by atomic mass is 10.1. The molecule has 128 valence electrons. The van der Waals surface area contributed by atoms with E-state index in [4.69, 9.17) is 0 Å². The third-order valence-corrected chi connectivity index (χ3v) is 4.12. The Labute approximate surface area is 146 Å². The molecule has 1 heterocycles. The molecule has 0 aliphatic carbocycles. The van der Waals surface area contributed by atoms with Crippen LogP contribution in [0.15, 0.2) is 59.4 Å². The van der Waals surface area contributed by atoms with Gasteiger partial charge in [0.25, 0.3) is 11.5 Å². The van der Waals surface area contributed by atoms with E-state index in [1.165, 1.54) is 4.68 Å². The second-order valence-electron chi connectivity index (χ2n) is 6.11. The van der Waals surface area contributed by atoms with Crippen molar-refractivity contribution in [2.45, 2.75) is 32.7 Å². The lowest BCUT2D eigenvalue weighted by molar-refractivity contribution is 0.0933. The maximum atomic E-state index is 12.8. The molecule has 5 nitrogen and oxygen atoms in total. The van der Waals surface area contributed by atoms with Gasteiger partial charge in [-0.1, -0.05) is 49.7 Å². The topological polar surface area (TPSA) is 64.0 Å². The Morgan fingerprint density at radius 3 is 2.40 bits per heavy atom. The zero-order valence-electron chi connectivity index (χ0n) is 14.4. The minimum atomic E-state index is -0.262. The second-order valence-corrected chi connectivity index (χ2v) is 6.11. The number of benzene rings is 2. The van der Waals surface area contributed by atoms with Crippen molar-refractivity contribution in [3.8, 4) is 5.69 Å². The van der Waals surface area contributed by atoms with Crippen LogP contribution in [0, 0.1) is 0 Å². The van der Waals surface area contributed by atoms with Gasteiger partial charge in [-0.05, 0) is 31.5 Å². The monoisotopic (exact) mass is 335 g/mol. The van der Waals surface area contributed by atoms with E-state index >= 15 is 0 Å². The first-order valence-electron chi connectivity index (χ1n) is 8.50. The summed E-state index contributed by atoms with van der Waals surface area (Å²) in [5.74, 6) is -0.262. The van der Waals surface area contributed by atoms with Crippen LogP contribution in [-0.4, -0.2) is 21.7 Å². The van der Waals surface area contributed by atoms with Crippen LogP contribution in [-0.2, 0) is 0 Å². The van der Waals surface area contributed by atoms with Gasteiger partial charge in [0.15, 0.2) is 5.69 Å². The highest BCUT2D eigenvalue weighted by Gasteiger charge is 2.18. The third kappa shape index (κ3) is 3.45. The van der Waals surface area contributed by atoms with Gasteiger partial charge in [-0.25, -0.2) is 0 Å². The van der Waals surface area contributed by atoms with Gasteiger partial charge >= 0.3 is 0 Å². The predicted molar refractivity (Wildman–Crippen MR) is 99.2 cm³/mol. The van der Waals surface area contributed by atoms with E-state index in [9.17, 15) is 9.59 Å². The minimum absolute atomic E-state index is 0.0511. The standard InChI is InChI=1S/C20H21N3O2/c1-3-9-14(2)21-19(24)18-16-12-7-8-13-17(16)20(25)23(22-18)15-10-5-4-6-11-15/h4-8,10-14H,3,9H2,1-2H3,(H,21,24). The van der Waals surface area contributed by atoms with Gasteiger partial charge in [0.1, 0.15) is 0 Å². The number of nitrogens with zero attached hydrogens (tertiary/aromatic N) is 2. The molecule has 1 atom stereocenters. The van der Waals surface area contributed by atoms with E-state index in [-0.39, 0.29) is 23.2 Å². The molecule has 0 radical (unpaired) electrons. The van der Waals surface area contributed by atoms with E-state index in [0.29, 0.717) is 16.5 Å². The fourth-order valence-corrected chi connectivity index (χ4v) is 2.90. The summed E-state index contributed by atoms with van der Waals surface area (Å²) in [5, 5.41) is 8.40. The van der Waals surface area contributed by atoms with Gasteiger partial charge in [0.05, 0.1) is 11.1 Å². The summed E-state index contributed by atoms with van der Waals surface area (Å²) in [6.07, 6.45) is 1.88. The van der Waals surface area contributed by atoms with Crippen molar-refractivity contribution >= 4 is 16.7 Å². The molecule has 1 unspecified atom stereocenters. The third-order valence-electron chi connectivity index (χ3n) is 4.12. The van der Waals surface area contributed by atoms with Gasteiger partial charge in [0, 0.05) is 11.4 Å². The molecule has 1 N–H and O–H groups in total. The molecule has 5 heteroatoms. The predicted octanol–water partition coefficient (Wildman–Crippen LogP) is 3.30.